The molecule has 1 aliphatic heterocycles. The van der Waals surface area contributed by atoms with E-state index >= 15 is 0 Å². The average Bonchev–Trinajstić information content (AvgIpc) is 3.09. The third-order valence-corrected chi connectivity index (χ3v) is 5.70. The fourth-order valence-electron chi connectivity index (χ4n) is 3.33. The monoisotopic (exact) mass is 375 g/mol. The zero-order chi connectivity index (χ0) is 18.7. The Kier molecular flexibility index (Phi) is 5.98. The molecule has 1 N–H and O–H groups in total. The highest BCUT2D eigenvalue weighted by atomic mass is 32.2. The molecule has 1 aliphatic rings. The molecule has 1 saturated heterocycles. The van der Waals surface area contributed by atoms with Gasteiger partial charge in [-0.2, -0.15) is 0 Å². The summed E-state index contributed by atoms with van der Waals surface area (Å²) in [4.78, 5) is 16.2. The van der Waals surface area contributed by atoms with Gasteiger partial charge in [-0.15, -0.1) is 10.2 Å². The topological polar surface area (TPSA) is 63.7 Å². The lowest BCUT2D eigenvalue weighted by molar-refractivity contribution is -0.902. The minimum absolute atomic E-state index is 0.149. The number of nitrogens with zero attached hydrogens (tertiary/aromatic N) is 3. The molecule has 0 radical (unpaired) electrons. The summed E-state index contributed by atoms with van der Waals surface area (Å²) < 4.78 is 5.79. The molecule has 0 spiro atoms. The van der Waals surface area contributed by atoms with Crippen molar-refractivity contribution in [1.29, 1.82) is 0 Å². The second-order valence-corrected chi connectivity index (χ2v) is 8.23. The molecule has 2 heterocycles. The van der Waals surface area contributed by atoms with Gasteiger partial charge in [0.1, 0.15) is 0 Å². The smallest absolute Gasteiger partial charge is 0.277 e. The Morgan fingerprint density at radius 3 is 2.50 bits per heavy atom. The van der Waals surface area contributed by atoms with E-state index in [1.54, 1.807) is 4.90 Å². The van der Waals surface area contributed by atoms with Gasteiger partial charge >= 0.3 is 0 Å². The van der Waals surface area contributed by atoms with E-state index in [1.807, 2.05) is 37.8 Å². The van der Waals surface area contributed by atoms with Crippen LogP contribution in [-0.2, 0) is 4.79 Å². The molecule has 1 amide bonds. The number of aryl methyl sites for hydroxylation is 2. The van der Waals surface area contributed by atoms with Gasteiger partial charge in [0.2, 0.25) is 11.8 Å². The molecule has 0 unspecified atom stereocenters. The number of benzene rings is 1. The summed E-state index contributed by atoms with van der Waals surface area (Å²) in [5.74, 6) is 0.649. The minimum atomic E-state index is -0.231. The predicted molar refractivity (Wildman–Crippen MR) is 102 cm³/mol. The lowest BCUT2D eigenvalue weighted by Crippen LogP contribution is -3.14. The third-order valence-electron chi connectivity index (χ3n) is 4.78. The van der Waals surface area contributed by atoms with Crippen LogP contribution in [0.3, 0.4) is 0 Å². The summed E-state index contributed by atoms with van der Waals surface area (Å²) in [5, 5.41) is 8.48. The number of carbonyl (C=O) groups excluding carboxylic acids is 1. The van der Waals surface area contributed by atoms with Crippen LogP contribution in [0.4, 0.5) is 0 Å². The molecule has 6 nitrogen and oxygen atoms in total. The first-order chi connectivity index (χ1) is 12.5. The molecular weight excluding hydrogens is 348 g/mol. The summed E-state index contributed by atoms with van der Waals surface area (Å²) >= 11 is 1.34. The van der Waals surface area contributed by atoms with E-state index in [0.717, 1.165) is 49.4 Å². The summed E-state index contributed by atoms with van der Waals surface area (Å²) in [6.45, 7) is 13.0. The first-order valence-corrected chi connectivity index (χ1v) is 10.1. The number of rotatable bonds is 5. The molecule has 1 fully saturated rings. The van der Waals surface area contributed by atoms with Crippen LogP contribution < -0.4 is 4.90 Å². The van der Waals surface area contributed by atoms with E-state index in [2.05, 4.69) is 23.2 Å². The molecule has 140 valence electrons. The zero-order valence-electron chi connectivity index (χ0n) is 15.9. The highest BCUT2D eigenvalue weighted by Crippen LogP contribution is 2.28. The van der Waals surface area contributed by atoms with Crippen molar-refractivity contribution in [1.82, 2.24) is 15.1 Å². The van der Waals surface area contributed by atoms with Gasteiger partial charge in [-0.1, -0.05) is 29.0 Å². The minimum Gasteiger partial charge on any atom is -0.411 e. The number of hydrogen-bond acceptors (Lipinski definition) is 5. The lowest BCUT2D eigenvalue weighted by atomic mass is 10.1. The van der Waals surface area contributed by atoms with Gasteiger partial charge in [-0.05, 0) is 39.8 Å². The molecule has 0 bridgehead atoms. The highest BCUT2D eigenvalue weighted by molar-refractivity contribution is 8.00. The Hall–Kier alpha value is -1.86. The van der Waals surface area contributed by atoms with Crippen molar-refractivity contribution < 1.29 is 14.1 Å². The van der Waals surface area contributed by atoms with Crippen LogP contribution in [0.1, 0.15) is 25.0 Å². The molecule has 26 heavy (non-hydrogen) atoms. The van der Waals surface area contributed by atoms with Gasteiger partial charge in [0.25, 0.3) is 5.22 Å². The van der Waals surface area contributed by atoms with E-state index in [1.165, 1.54) is 11.8 Å². The first-order valence-electron chi connectivity index (χ1n) is 9.17. The van der Waals surface area contributed by atoms with Crippen LogP contribution >= 0.6 is 11.8 Å². The zero-order valence-corrected chi connectivity index (χ0v) is 16.7. The summed E-state index contributed by atoms with van der Waals surface area (Å²) in [6, 6.07) is 6.16. The summed E-state index contributed by atoms with van der Waals surface area (Å²) in [7, 11) is 0. The Morgan fingerprint density at radius 2 is 1.88 bits per heavy atom. The number of aromatic nitrogens is 2. The number of quaternary nitrogens is 1. The van der Waals surface area contributed by atoms with E-state index in [4.69, 9.17) is 4.42 Å². The van der Waals surface area contributed by atoms with Gasteiger partial charge in [0, 0.05) is 5.56 Å². The number of piperazine rings is 1. The van der Waals surface area contributed by atoms with Crippen LogP contribution in [-0.4, -0.2) is 59.0 Å². The first kappa shape index (κ1) is 18.9. The Labute approximate surface area is 159 Å². The Balaban J connectivity index is 1.62. The fourth-order valence-corrected chi connectivity index (χ4v) is 4.10. The van der Waals surface area contributed by atoms with E-state index in [-0.39, 0.29) is 11.2 Å². The summed E-state index contributed by atoms with van der Waals surface area (Å²) in [5.41, 5.74) is 3.23. The number of nitrogens with one attached hydrogen (secondary N) is 1. The average molecular weight is 376 g/mol. The number of likely N-dealkylation sites (N-methyl/N-ethyl adjacent to an activating group) is 1. The van der Waals surface area contributed by atoms with Crippen molar-refractivity contribution >= 4 is 17.7 Å². The Morgan fingerprint density at radius 1 is 1.23 bits per heavy atom. The molecule has 2 aromatic rings. The van der Waals surface area contributed by atoms with Gasteiger partial charge in [0.15, 0.2) is 0 Å². The number of thioether (sulfide) groups is 1. The number of amides is 1. The molecule has 1 aromatic heterocycles. The Bertz CT molecular complexity index is 748. The standard InChI is InChI=1S/C19H26N4O2S/c1-5-22-6-8-23(9-7-22)18(24)15(4)26-19-21-20-17(25-19)16-11-13(2)10-14(3)12-16/h10-12,15H,5-9H2,1-4H3/p+1/t15-/m1/s1. The van der Waals surface area contributed by atoms with Gasteiger partial charge in [-0.25, -0.2) is 0 Å². The van der Waals surface area contributed by atoms with Gasteiger partial charge in [-0.3, -0.25) is 4.79 Å². The molecule has 1 atom stereocenters. The molecule has 7 heteroatoms. The maximum Gasteiger partial charge on any atom is 0.277 e. The van der Waals surface area contributed by atoms with Crippen molar-refractivity contribution in [3.8, 4) is 11.5 Å². The van der Waals surface area contributed by atoms with Crippen molar-refractivity contribution in [2.24, 2.45) is 0 Å². The molecule has 3 rings (SSSR count). The number of carbonyl (C=O) groups is 1. The van der Waals surface area contributed by atoms with Crippen molar-refractivity contribution in [2.75, 3.05) is 32.7 Å². The normalized spacial score (nSPS) is 16.7. The number of hydrogen-bond donors (Lipinski definition) is 1. The van der Waals surface area contributed by atoms with E-state index < -0.39 is 0 Å². The highest BCUT2D eigenvalue weighted by Gasteiger charge is 2.28. The second kappa shape index (κ2) is 8.22. The largest absolute Gasteiger partial charge is 0.411 e. The van der Waals surface area contributed by atoms with Crippen molar-refractivity contribution in [3.63, 3.8) is 0 Å². The van der Waals surface area contributed by atoms with Gasteiger partial charge < -0.3 is 14.2 Å². The SMILES string of the molecule is CC[NH+]1CCN(C(=O)[C@@H](C)Sc2nnc(-c3cc(C)cc(C)c3)o2)CC1. The fraction of sp³-hybridized carbons (Fsp3) is 0.526. The van der Waals surface area contributed by atoms with Crippen molar-refractivity contribution in [2.45, 2.75) is 38.2 Å². The van der Waals surface area contributed by atoms with E-state index in [9.17, 15) is 4.79 Å². The van der Waals surface area contributed by atoms with Crippen molar-refractivity contribution in [3.05, 3.63) is 29.3 Å². The quantitative estimate of drug-likeness (QED) is 0.804. The predicted octanol–water partition coefficient (Wildman–Crippen LogP) is 1.58. The molecule has 1 aromatic carbocycles. The maximum absolute atomic E-state index is 12.7. The van der Waals surface area contributed by atoms with Crippen LogP contribution in [0, 0.1) is 13.8 Å². The molecular formula is C19H27N4O2S+. The van der Waals surface area contributed by atoms with Crippen LogP contribution in [0.2, 0.25) is 0 Å². The molecule has 0 aliphatic carbocycles. The van der Waals surface area contributed by atoms with Crippen LogP contribution in [0.25, 0.3) is 11.5 Å². The molecule has 0 saturated carbocycles. The van der Waals surface area contributed by atoms with E-state index in [0.29, 0.717) is 11.1 Å². The van der Waals surface area contributed by atoms with Gasteiger partial charge in [0.05, 0.1) is 38.0 Å². The van der Waals surface area contributed by atoms with Crippen LogP contribution in [0.15, 0.2) is 27.8 Å². The second-order valence-electron chi connectivity index (χ2n) is 6.94. The summed E-state index contributed by atoms with van der Waals surface area (Å²) in [6.07, 6.45) is 0. The lowest BCUT2D eigenvalue weighted by Gasteiger charge is -2.32. The third kappa shape index (κ3) is 4.45. The van der Waals surface area contributed by atoms with Crippen LogP contribution in [0.5, 0.6) is 0 Å². The maximum atomic E-state index is 12.7.